The Labute approximate surface area is 177 Å². The molecule has 158 valence electrons. The molecular weight excluding hydrogens is 380 g/mol. The zero-order chi connectivity index (χ0) is 22.3. The van der Waals surface area contributed by atoms with Crippen LogP contribution >= 0.6 is 0 Å². The predicted molar refractivity (Wildman–Crippen MR) is 123 cm³/mol. The number of sulfone groups is 1. The summed E-state index contributed by atoms with van der Waals surface area (Å²) in [5.74, 6) is 0.910. The van der Waals surface area contributed by atoms with E-state index in [1.807, 2.05) is 90.1 Å². The summed E-state index contributed by atoms with van der Waals surface area (Å²) in [6.45, 7) is 11.7. The molecule has 3 aromatic rings. The molecule has 0 aromatic heterocycles. The minimum absolute atomic E-state index is 0.341. The van der Waals surface area contributed by atoms with E-state index in [9.17, 15) is 8.42 Å². The number of hydrogen-bond donors (Lipinski definition) is 0. The molecule has 4 heteroatoms. The fourth-order valence-corrected chi connectivity index (χ4v) is 3.88. The number of ether oxygens (including phenoxy) is 1. The van der Waals surface area contributed by atoms with E-state index in [4.69, 9.17) is 4.74 Å². The second-order valence-electron chi connectivity index (χ2n) is 5.60. The van der Waals surface area contributed by atoms with Crippen molar-refractivity contribution in [2.45, 2.75) is 51.3 Å². The predicted octanol–water partition coefficient (Wildman–Crippen LogP) is 6.88. The number of aryl methyl sites for hydroxylation is 2. The van der Waals surface area contributed by atoms with Gasteiger partial charge in [0.25, 0.3) is 0 Å². The maximum Gasteiger partial charge on any atom is 0.206 e. The van der Waals surface area contributed by atoms with Gasteiger partial charge in [0.15, 0.2) is 0 Å². The molecule has 0 radical (unpaired) electrons. The maximum atomic E-state index is 12.4. The van der Waals surface area contributed by atoms with Crippen LogP contribution in [0.5, 0.6) is 5.75 Å². The van der Waals surface area contributed by atoms with Crippen molar-refractivity contribution in [2.24, 2.45) is 0 Å². The van der Waals surface area contributed by atoms with Crippen LogP contribution < -0.4 is 4.74 Å². The second-order valence-corrected chi connectivity index (χ2v) is 7.52. The van der Waals surface area contributed by atoms with Gasteiger partial charge in [-0.3, -0.25) is 0 Å². The zero-order valence-electron chi connectivity index (χ0n) is 18.6. The number of rotatable bonds is 3. The van der Waals surface area contributed by atoms with Crippen LogP contribution in [0.15, 0.2) is 88.7 Å². The number of methoxy groups -OCH3 is 1. The molecule has 0 saturated heterocycles. The fraction of sp³-hybridized carbons (Fsp3) is 0.280. The van der Waals surface area contributed by atoms with E-state index < -0.39 is 9.84 Å². The Hall–Kier alpha value is -2.59. The van der Waals surface area contributed by atoms with E-state index >= 15 is 0 Å². The molecular formula is C25H34O3S. The molecule has 0 spiro atoms. The van der Waals surface area contributed by atoms with Crippen molar-refractivity contribution in [3.05, 3.63) is 90.0 Å². The van der Waals surface area contributed by atoms with Crippen LogP contribution in [0.25, 0.3) is 0 Å². The molecule has 0 N–H and O–H groups in total. The lowest BCUT2D eigenvalue weighted by molar-refractivity contribution is 0.415. The smallest absolute Gasteiger partial charge is 0.206 e. The Kier molecular flexibility index (Phi) is 13.1. The first-order chi connectivity index (χ1) is 13.9. The standard InChI is InChI=1S/C14H14O2S.C7H8O.2C2H6/c1-11-8-9-12(2)14(10-11)17(15,16)13-6-4-3-5-7-13;1-8-7-5-3-2-4-6-7;2*1-2/h3-10H,1-2H3;2-6H,1H3;2*1-2H3. The van der Waals surface area contributed by atoms with E-state index in [0.717, 1.165) is 16.9 Å². The van der Waals surface area contributed by atoms with Gasteiger partial charge in [0.05, 0.1) is 16.9 Å². The summed E-state index contributed by atoms with van der Waals surface area (Å²) >= 11 is 0. The lowest BCUT2D eigenvalue weighted by atomic mass is 10.2. The highest BCUT2D eigenvalue weighted by molar-refractivity contribution is 7.91. The summed E-state index contributed by atoms with van der Waals surface area (Å²) in [6.07, 6.45) is 0. The molecule has 0 saturated carbocycles. The van der Waals surface area contributed by atoms with Crippen LogP contribution in [-0.4, -0.2) is 15.5 Å². The molecule has 0 aliphatic rings. The Bertz CT molecular complexity index is 903. The quantitative estimate of drug-likeness (QED) is 0.469. The lowest BCUT2D eigenvalue weighted by Crippen LogP contribution is -2.04. The molecule has 0 unspecified atom stereocenters. The third kappa shape index (κ3) is 8.53. The normalized spacial score (nSPS) is 9.48. The van der Waals surface area contributed by atoms with Gasteiger partial charge in [-0.05, 0) is 55.3 Å². The highest BCUT2D eigenvalue weighted by Gasteiger charge is 2.19. The van der Waals surface area contributed by atoms with Crippen LogP contribution in [-0.2, 0) is 9.84 Å². The van der Waals surface area contributed by atoms with Gasteiger partial charge in [0.1, 0.15) is 5.75 Å². The van der Waals surface area contributed by atoms with E-state index in [1.165, 1.54) is 0 Å². The van der Waals surface area contributed by atoms with Crippen LogP contribution in [0, 0.1) is 13.8 Å². The van der Waals surface area contributed by atoms with Crippen molar-refractivity contribution in [1.82, 2.24) is 0 Å². The first-order valence-corrected chi connectivity index (χ1v) is 11.4. The number of hydrogen-bond acceptors (Lipinski definition) is 3. The minimum atomic E-state index is -3.39. The summed E-state index contributed by atoms with van der Waals surface area (Å²) in [5, 5.41) is 0. The third-order valence-corrected chi connectivity index (χ3v) is 5.58. The first-order valence-electron chi connectivity index (χ1n) is 9.91. The SMILES string of the molecule is CC.CC.COc1ccccc1.Cc1ccc(C)c(S(=O)(=O)c2ccccc2)c1. The van der Waals surface area contributed by atoms with Crippen molar-refractivity contribution in [3.8, 4) is 5.75 Å². The van der Waals surface area contributed by atoms with Crippen LogP contribution in [0.4, 0.5) is 0 Å². The van der Waals surface area contributed by atoms with Gasteiger partial charge >= 0.3 is 0 Å². The van der Waals surface area contributed by atoms with Crippen molar-refractivity contribution < 1.29 is 13.2 Å². The molecule has 0 fully saturated rings. The molecule has 0 aliphatic carbocycles. The number of para-hydroxylation sites is 1. The molecule has 0 atom stereocenters. The third-order valence-electron chi connectivity index (χ3n) is 3.67. The molecule has 0 amide bonds. The van der Waals surface area contributed by atoms with Crippen molar-refractivity contribution >= 4 is 9.84 Å². The Balaban J connectivity index is 0.000000547. The molecule has 3 rings (SSSR count). The maximum absolute atomic E-state index is 12.4. The summed E-state index contributed by atoms with van der Waals surface area (Å²) in [4.78, 5) is 0.734. The lowest BCUT2D eigenvalue weighted by Gasteiger charge is -2.08. The van der Waals surface area contributed by atoms with Gasteiger partial charge < -0.3 is 4.74 Å². The first kappa shape index (κ1) is 26.4. The Morgan fingerprint density at radius 3 is 1.62 bits per heavy atom. The van der Waals surface area contributed by atoms with Gasteiger partial charge in [-0.25, -0.2) is 8.42 Å². The fourth-order valence-electron chi connectivity index (χ4n) is 2.28. The van der Waals surface area contributed by atoms with Crippen LogP contribution in [0.3, 0.4) is 0 Å². The van der Waals surface area contributed by atoms with Crippen LogP contribution in [0.1, 0.15) is 38.8 Å². The number of benzene rings is 3. The molecule has 0 heterocycles. The highest BCUT2D eigenvalue weighted by atomic mass is 32.2. The van der Waals surface area contributed by atoms with Gasteiger partial charge in [-0.1, -0.05) is 76.2 Å². The topological polar surface area (TPSA) is 43.4 Å². The Morgan fingerprint density at radius 2 is 1.17 bits per heavy atom. The molecule has 3 aromatic carbocycles. The van der Waals surface area contributed by atoms with Crippen molar-refractivity contribution in [1.29, 1.82) is 0 Å². The van der Waals surface area contributed by atoms with Gasteiger partial charge in [-0.15, -0.1) is 0 Å². The average molecular weight is 415 g/mol. The highest BCUT2D eigenvalue weighted by Crippen LogP contribution is 2.24. The van der Waals surface area contributed by atoms with E-state index in [1.54, 1.807) is 37.4 Å². The Morgan fingerprint density at radius 1 is 0.690 bits per heavy atom. The molecule has 0 aliphatic heterocycles. The largest absolute Gasteiger partial charge is 0.497 e. The average Bonchev–Trinajstić information content (AvgIpc) is 2.79. The summed E-state index contributed by atoms with van der Waals surface area (Å²) in [7, 11) is -1.73. The summed E-state index contributed by atoms with van der Waals surface area (Å²) < 4.78 is 29.7. The van der Waals surface area contributed by atoms with E-state index in [0.29, 0.717) is 9.79 Å². The summed E-state index contributed by atoms with van der Waals surface area (Å²) in [6, 6.07) is 23.7. The molecule has 29 heavy (non-hydrogen) atoms. The van der Waals surface area contributed by atoms with Crippen molar-refractivity contribution in [3.63, 3.8) is 0 Å². The van der Waals surface area contributed by atoms with Gasteiger partial charge in [0.2, 0.25) is 9.84 Å². The van der Waals surface area contributed by atoms with Gasteiger partial charge in [-0.2, -0.15) is 0 Å². The van der Waals surface area contributed by atoms with E-state index in [-0.39, 0.29) is 0 Å². The molecule has 0 bridgehead atoms. The van der Waals surface area contributed by atoms with Gasteiger partial charge in [0, 0.05) is 0 Å². The second kappa shape index (κ2) is 14.4. The van der Waals surface area contributed by atoms with E-state index in [2.05, 4.69) is 0 Å². The monoisotopic (exact) mass is 414 g/mol. The van der Waals surface area contributed by atoms with Crippen LogP contribution in [0.2, 0.25) is 0 Å². The summed E-state index contributed by atoms with van der Waals surface area (Å²) in [5.41, 5.74) is 1.73. The minimum Gasteiger partial charge on any atom is -0.497 e. The zero-order valence-corrected chi connectivity index (χ0v) is 19.5. The van der Waals surface area contributed by atoms with Crippen molar-refractivity contribution in [2.75, 3.05) is 7.11 Å². The molecule has 3 nitrogen and oxygen atoms in total.